The van der Waals surface area contributed by atoms with Gasteiger partial charge < -0.3 is 10.1 Å². The first kappa shape index (κ1) is 13.2. The summed E-state index contributed by atoms with van der Waals surface area (Å²) in [6.45, 7) is 4.92. The van der Waals surface area contributed by atoms with Crippen LogP contribution < -0.4 is 5.32 Å². The van der Waals surface area contributed by atoms with Crippen LogP contribution in [0.3, 0.4) is 0 Å². The lowest BCUT2D eigenvalue weighted by molar-refractivity contribution is -0.142. The molecule has 0 aliphatic carbocycles. The van der Waals surface area contributed by atoms with Crippen molar-refractivity contribution in [2.75, 3.05) is 7.11 Å². The summed E-state index contributed by atoms with van der Waals surface area (Å²) >= 11 is 1.68. The lowest BCUT2D eigenvalue weighted by Gasteiger charge is -2.28. The first-order valence-electron chi connectivity index (χ1n) is 5.42. The van der Waals surface area contributed by atoms with Gasteiger partial charge in [-0.25, -0.2) is 0 Å². The molecule has 0 fully saturated rings. The Kier molecular flexibility index (Phi) is 4.96. The summed E-state index contributed by atoms with van der Waals surface area (Å²) < 4.78 is 4.71. The molecule has 1 N–H and O–H groups in total. The Balaban J connectivity index is 2.49. The van der Waals surface area contributed by atoms with Gasteiger partial charge in [-0.2, -0.15) is 11.3 Å². The van der Waals surface area contributed by atoms with Gasteiger partial charge in [0.2, 0.25) is 0 Å². The third-order valence-electron chi connectivity index (χ3n) is 2.84. The van der Waals surface area contributed by atoms with E-state index in [-0.39, 0.29) is 11.5 Å². The third-order valence-corrected chi connectivity index (χ3v) is 3.57. The summed E-state index contributed by atoms with van der Waals surface area (Å²) in [5.74, 6) is -0.165. The van der Waals surface area contributed by atoms with Gasteiger partial charge in [-0.05, 0) is 35.7 Å². The monoisotopic (exact) mass is 241 g/mol. The van der Waals surface area contributed by atoms with Gasteiger partial charge in [0, 0.05) is 12.1 Å². The molecule has 0 aliphatic rings. The minimum atomic E-state index is -0.185. The molecule has 16 heavy (non-hydrogen) atoms. The highest BCUT2D eigenvalue weighted by Gasteiger charge is 2.25. The fourth-order valence-electron chi connectivity index (χ4n) is 1.41. The number of methoxy groups -OCH3 is 1. The molecule has 0 aliphatic heterocycles. The zero-order chi connectivity index (χ0) is 12.0. The molecule has 1 unspecified atom stereocenters. The van der Waals surface area contributed by atoms with Crippen LogP contribution in [0.2, 0.25) is 0 Å². The quantitative estimate of drug-likeness (QED) is 0.778. The van der Waals surface area contributed by atoms with Gasteiger partial charge in [0.15, 0.2) is 0 Å². The number of esters is 1. The predicted octanol–water partition coefficient (Wildman–Crippen LogP) is 2.57. The zero-order valence-corrected chi connectivity index (χ0v) is 10.9. The summed E-state index contributed by atoms with van der Waals surface area (Å²) in [5, 5.41) is 7.59. The number of hydrogen-bond donors (Lipinski definition) is 1. The molecule has 4 heteroatoms. The number of ether oxygens (including phenoxy) is 1. The first-order chi connectivity index (χ1) is 7.59. The number of carbonyl (C=O) groups is 1. The number of hydrogen-bond acceptors (Lipinski definition) is 4. The normalized spacial score (nSPS) is 14.4. The number of nitrogens with one attached hydrogen (secondary N) is 1. The SMILES string of the molecule is CCC(C)(CC(=O)OC)NCc1ccsc1. The van der Waals surface area contributed by atoms with E-state index in [9.17, 15) is 4.79 Å². The summed E-state index contributed by atoms with van der Waals surface area (Å²) in [6, 6.07) is 2.09. The second-order valence-electron chi connectivity index (χ2n) is 4.15. The molecular formula is C12H19NO2S. The van der Waals surface area contributed by atoms with Crippen LogP contribution in [0.1, 0.15) is 32.3 Å². The molecule has 0 saturated carbocycles. The average molecular weight is 241 g/mol. The highest BCUT2D eigenvalue weighted by Crippen LogP contribution is 2.17. The van der Waals surface area contributed by atoms with Gasteiger partial charge >= 0.3 is 5.97 Å². The van der Waals surface area contributed by atoms with Gasteiger partial charge in [0.05, 0.1) is 13.5 Å². The Bertz CT molecular complexity index is 324. The van der Waals surface area contributed by atoms with Gasteiger partial charge in [0.25, 0.3) is 0 Å². The molecule has 1 rings (SSSR count). The van der Waals surface area contributed by atoms with E-state index in [0.717, 1.165) is 13.0 Å². The lowest BCUT2D eigenvalue weighted by Crippen LogP contribution is -2.43. The van der Waals surface area contributed by atoms with Crippen molar-refractivity contribution >= 4 is 17.3 Å². The molecule has 1 aromatic heterocycles. The van der Waals surface area contributed by atoms with Crippen LogP contribution in [0.5, 0.6) is 0 Å². The van der Waals surface area contributed by atoms with Crippen LogP contribution >= 0.6 is 11.3 Å². The number of thiophene rings is 1. The standard InChI is InChI=1S/C12H19NO2S/c1-4-12(2,7-11(14)15-3)13-8-10-5-6-16-9-10/h5-6,9,13H,4,7-8H2,1-3H3. The molecule has 0 aromatic carbocycles. The molecule has 1 atom stereocenters. The van der Waals surface area contributed by atoms with E-state index in [2.05, 4.69) is 36.0 Å². The molecule has 0 spiro atoms. The zero-order valence-electron chi connectivity index (χ0n) is 10.1. The number of carbonyl (C=O) groups excluding carboxylic acids is 1. The van der Waals surface area contributed by atoms with Crippen molar-refractivity contribution in [3.05, 3.63) is 22.4 Å². The van der Waals surface area contributed by atoms with Gasteiger partial charge in [-0.15, -0.1) is 0 Å². The third kappa shape index (κ3) is 3.94. The maximum absolute atomic E-state index is 11.3. The van der Waals surface area contributed by atoms with Crippen molar-refractivity contribution < 1.29 is 9.53 Å². The Labute approximate surface area is 101 Å². The Morgan fingerprint density at radius 1 is 1.62 bits per heavy atom. The Hall–Kier alpha value is -0.870. The summed E-state index contributed by atoms with van der Waals surface area (Å²) in [5.41, 5.74) is 1.07. The second kappa shape index (κ2) is 6.01. The van der Waals surface area contributed by atoms with E-state index in [1.165, 1.54) is 12.7 Å². The van der Waals surface area contributed by atoms with Gasteiger partial charge in [-0.3, -0.25) is 4.79 Å². The molecule has 1 heterocycles. The van der Waals surface area contributed by atoms with E-state index < -0.39 is 0 Å². The molecule has 3 nitrogen and oxygen atoms in total. The highest BCUT2D eigenvalue weighted by molar-refractivity contribution is 7.07. The fraction of sp³-hybridized carbons (Fsp3) is 0.583. The highest BCUT2D eigenvalue weighted by atomic mass is 32.1. The molecular weight excluding hydrogens is 222 g/mol. The lowest BCUT2D eigenvalue weighted by atomic mass is 9.94. The largest absolute Gasteiger partial charge is 0.469 e. The van der Waals surface area contributed by atoms with E-state index in [4.69, 9.17) is 4.74 Å². The van der Waals surface area contributed by atoms with Gasteiger partial charge in [-0.1, -0.05) is 6.92 Å². The van der Waals surface area contributed by atoms with Crippen molar-refractivity contribution in [1.82, 2.24) is 5.32 Å². The van der Waals surface area contributed by atoms with Crippen molar-refractivity contribution in [2.45, 2.75) is 38.8 Å². The average Bonchev–Trinajstić information content (AvgIpc) is 2.79. The van der Waals surface area contributed by atoms with E-state index >= 15 is 0 Å². The van der Waals surface area contributed by atoms with Crippen LogP contribution in [-0.4, -0.2) is 18.6 Å². The molecule has 0 amide bonds. The number of rotatable bonds is 6. The van der Waals surface area contributed by atoms with E-state index in [1.54, 1.807) is 11.3 Å². The summed E-state index contributed by atoms with van der Waals surface area (Å²) in [7, 11) is 1.43. The first-order valence-corrected chi connectivity index (χ1v) is 6.37. The maximum atomic E-state index is 11.3. The van der Waals surface area contributed by atoms with E-state index in [0.29, 0.717) is 6.42 Å². The Morgan fingerprint density at radius 3 is 2.88 bits per heavy atom. The predicted molar refractivity (Wildman–Crippen MR) is 66.5 cm³/mol. The topological polar surface area (TPSA) is 38.3 Å². The molecule has 0 radical (unpaired) electrons. The van der Waals surface area contributed by atoms with Gasteiger partial charge in [0.1, 0.15) is 0 Å². The Morgan fingerprint density at radius 2 is 2.38 bits per heavy atom. The molecule has 1 aromatic rings. The smallest absolute Gasteiger partial charge is 0.307 e. The molecule has 0 saturated heterocycles. The fourth-order valence-corrected chi connectivity index (χ4v) is 2.08. The van der Waals surface area contributed by atoms with Crippen molar-refractivity contribution in [3.63, 3.8) is 0 Å². The van der Waals surface area contributed by atoms with Crippen LogP contribution in [0.15, 0.2) is 16.8 Å². The minimum absolute atomic E-state index is 0.165. The molecule has 0 bridgehead atoms. The van der Waals surface area contributed by atoms with Crippen molar-refractivity contribution in [3.8, 4) is 0 Å². The summed E-state index contributed by atoms with van der Waals surface area (Å²) in [4.78, 5) is 11.3. The second-order valence-corrected chi connectivity index (χ2v) is 4.93. The maximum Gasteiger partial charge on any atom is 0.307 e. The van der Waals surface area contributed by atoms with Crippen LogP contribution in [0.4, 0.5) is 0 Å². The van der Waals surface area contributed by atoms with E-state index in [1.807, 2.05) is 0 Å². The molecule has 90 valence electrons. The van der Waals surface area contributed by atoms with Crippen molar-refractivity contribution in [1.29, 1.82) is 0 Å². The summed E-state index contributed by atoms with van der Waals surface area (Å²) in [6.07, 6.45) is 1.30. The van der Waals surface area contributed by atoms with Crippen LogP contribution in [0, 0.1) is 0 Å². The van der Waals surface area contributed by atoms with Crippen molar-refractivity contribution in [2.24, 2.45) is 0 Å². The van der Waals surface area contributed by atoms with Crippen LogP contribution in [0.25, 0.3) is 0 Å². The van der Waals surface area contributed by atoms with Crippen LogP contribution in [-0.2, 0) is 16.1 Å². The minimum Gasteiger partial charge on any atom is -0.469 e.